The highest BCUT2D eigenvalue weighted by Crippen LogP contribution is 2.22. The van der Waals surface area contributed by atoms with Gasteiger partial charge >= 0.3 is 0 Å². The Labute approximate surface area is 117 Å². The van der Waals surface area contributed by atoms with E-state index >= 15 is 0 Å². The Balaban J connectivity index is 1.98. The van der Waals surface area contributed by atoms with Gasteiger partial charge < -0.3 is 10.5 Å². The van der Waals surface area contributed by atoms with Gasteiger partial charge in [-0.05, 0) is 24.2 Å². The third-order valence-electron chi connectivity index (χ3n) is 3.18. The molecule has 102 valence electrons. The number of ether oxygens (including phenoxy) is 1. The van der Waals surface area contributed by atoms with Crippen LogP contribution < -0.4 is 10.5 Å². The van der Waals surface area contributed by atoms with Gasteiger partial charge in [-0.2, -0.15) is 0 Å². The number of imidazole rings is 1. The molecule has 0 bridgehead atoms. The predicted molar refractivity (Wildman–Crippen MR) is 77.7 cm³/mol. The van der Waals surface area contributed by atoms with Crippen LogP contribution in [0, 0.1) is 0 Å². The minimum Gasteiger partial charge on any atom is -0.497 e. The number of hydrogen-bond donors (Lipinski definition) is 1. The van der Waals surface area contributed by atoms with Crippen molar-refractivity contribution in [1.29, 1.82) is 0 Å². The highest BCUT2D eigenvalue weighted by molar-refractivity contribution is 5.63. The van der Waals surface area contributed by atoms with Gasteiger partial charge in [0, 0.05) is 30.6 Å². The lowest BCUT2D eigenvalue weighted by atomic mass is 10.1. The first-order valence-corrected chi connectivity index (χ1v) is 6.48. The number of rotatable bonds is 4. The van der Waals surface area contributed by atoms with Crippen molar-refractivity contribution >= 4 is 5.78 Å². The standard InChI is InChI=1S/C15H16N4O/c1-20-14-4-2-11(3-5-14)12-8-17-15-18-13(6-7-16)10-19(15)9-12/h2-5,8-10H,6-7,16H2,1H3. The van der Waals surface area contributed by atoms with Gasteiger partial charge in [-0.3, -0.25) is 4.40 Å². The van der Waals surface area contributed by atoms with E-state index in [1.807, 2.05) is 47.3 Å². The quantitative estimate of drug-likeness (QED) is 0.785. The summed E-state index contributed by atoms with van der Waals surface area (Å²) in [5, 5.41) is 0. The summed E-state index contributed by atoms with van der Waals surface area (Å²) in [7, 11) is 1.66. The Bertz CT molecular complexity index is 718. The first-order chi connectivity index (χ1) is 9.80. The van der Waals surface area contributed by atoms with Crippen LogP contribution in [0.25, 0.3) is 16.9 Å². The van der Waals surface area contributed by atoms with Gasteiger partial charge in [0.15, 0.2) is 0 Å². The lowest BCUT2D eigenvalue weighted by Gasteiger charge is -2.03. The van der Waals surface area contributed by atoms with Crippen molar-refractivity contribution in [3.8, 4) is 16.9 Å². The number of fused-ring (bicyclic) bond motifs is 1. The lowest BCUT2D eigenvalue weighted by molar-refractivity contribution is 0.415. The van der Waals surface area contributed by atoms with E-state index in [1.165, 1.54) is 0 Å². The maximum absolute atomic E-state index is 5.55. The van der Waals surface area contributed by atoms with E-state index in [9.17, 15) is 0 Å². The van der Waals surface area contributed by atoms with Crippen LogP contribution in [0.15, 0.2) is 42.9 Å². The molecule has 5 nitrogen and oxygen atoms in total. The smallest absolute Gasteiger partial charge is 0.233 e. The number of nitrogens with two attached hydrogens (primary N) is 1. The summed E-state index contributed by atoms with van der Waals surface area (Å²) in [5.41, 5.74) is 8.64. The van der Waals surface area contributed by atoms with Crippen molar-refractivity contribution in [2.24, 2.45) is 5.73 Å². The third-order valence-corrected chi connectivity index (χ3v) is 3.18. The third kappa shape index (κ3) is 2.35. The fourth-order valence-corrected chi connectivity index (χ4v) is 2.14. The maximum atomic E-state index is 5.55. The van der Waals surface area contributed by atoms with E-state index < -0.39 is 0 Å². The summed E-state index contributed by atoms with van der Waals surface area (Å²) in [4.78, 5) is 8.80. The number of hydrogen-bond acceptors (Lipinski definition) is 4. The van der Waals surface area contributed by atoms with Crippen molar-refractivity contribution in [2.75, 3.05) is 13.7 Å². The molecule has 5 heteroatoms. The Kier molecular flexibility index (Phi) is 3.35. The average molecular weight is 268 g/mol. The van der Waals surface area contributed by atoms with Gasteiger partial charge in [-0.25, -0.2) is 9.97 Å². The van der Waals surface area contributed by atoms with Crippen molar-refractivity contribution in [3.63, 3.8) is 0 Å². The molecule has 0 atom stereocenters. The molecule has 0 radical (unpaired) electrons. The fraction of sp³-hybridized carbons (Fsp3) is 0.200. The summed E-state index contributed by atoms with van der Waals surface area (Å²) < 4.78 is 7.10. The Morgan fingerprint density at radius 2 is 1.95 bits per heavy atom. The SMILES string of the molecule is COc1ccc(-c2cnc3nc(CCN)cn3c2)cc1. The lowest BCUT2D eigenvalue weighted by Crippen LogP contribution is -2.02. The number of nitrogens with zero attached hydrogens (tertiary/aromatic N) is 3. The van der Waals surface area contributed by atoms with Gasteiger partial charge in [0.05, 0.1) is 12.8 Å². The summed E-state index contributed by atoms with van der Waals surface area (Å²) >= 11 is 0. The Morgan fingerprint density at radius 1 is 1.15 bits per heavy atom. The van der Waals surface area contributed by atoms with Gasteiger partial charge in [0.1, 0.15) is 5.75 Å². The molecule has 20 heavy (non-hydrogen) atoms. The minimum absolute atomic E-state index is 0.592. The second-order valence-corrected chi connectivity index (χ2v) is 4.55. The number of methoxy groups -OCH3 is 1. The van der Waals surface area contributed by atoms with Crippen molar-refractivity contribution in [2.45, 2.75) is 6.42 Å². The molecule has 0 saturated carbocycles. The molecule has 0 aliphatic rings. The van der Waals surface area contributed by atoms with Crippen LogP contribution in [0.5, 0.6) is 5.75 Å². The number of aromatic nitrogens is 3. The summed E-state index contributed by atoms with van der Waals surface area (Å²) in [5.74, 6) is 1.54. The van der Waals surface area contributed by atoms with Crippen LogP contribution >= 0.6 is 0 Å². The van der Waals surface area contributed by atoms with E-state index in [0.29, 0.717) is 12.3 Å². The molecule has 2 heterocycles. The molecule has 0 aliphatic carbocycles. The predicted octanol–water partition coefficient (Wildman–Crippen LogP) is 1.91. The molecule has 1 aromatic carbocycles. The zero-order valence-corrected chi connectivity index (χ0v) is 11.3. The van der Waals surface area contributed by atoms with Gasteiger partial charge in [-0.15, -0.1) is 0 Å². The summed E-state index contributed by atoms with van der Waals surface area (Å²) in [6.45, 7) is 0.592. The van der Waals surface area contributed by atoms with E-state index in [-0.39, 0.29) is 0 Å². The molecular weight excluding hydrogens is 252 g/mol. The van der Waals surface area contributed by atoms with Crippen molar-refractivity contribution < 1.29 is 4.74 Å². The van der Waals surface area contributed by atoms with Crippen LogP contribution in [0.1, 0.15) is 5.69 Å². The molecule has 0 unspecified atom stereocenters. The molecular formula is C15H16N4O. The van der Waals surface area contributed by atoms with Crippen LogP contribution in [-0.2, 0) is 6.42 Å². The first kappa shape index (κ1) is 12.6. The number of benzene rings is 1. The molecule has 0 spiro atoms. The van der Waals surface area contributed by atoms with Crippen LogP contribution in [-0.4, -0.2) is 28.0 Å². The van der Waals surface area contributed by atoms with Gasteiger partial charge in [0.2, 0.25) is 5.78 Å². The molecule has 0 saturated heterocycles. The molecule has 3 rings (SSSR count). The van der Waals surface area contributed by atoms with Crippen LogP contribution in [0.2, 0.25) is 0 Å². The van der Waals surface area contributed by atoms with E-state index in [0.717, 1.165) is 29.0 Å². The monoisotopic (exact) mass is 268 g/mol. The van der Waals surface area contributed by atoms with Crippen LogP contribution in [0.4, 0.5) is 0 Å². The maximum Gasteiger partial charge on any atom is 0.233 e. The normalized spacial score (nSPS) is 10.9. The van der Waals surface area contributed by atoms with Crippen LogP contribution in [0.3, 0.4) is 0 Å². The zero-order valence-electron chi connectivity index (χ0n) is 11.3. The Morgan fingerprint density at radius 3 is 2.65 bits per heavy atom. The topological polar surface area (TPSA) is 65.4 Å². The largest absolute Gasteiger partial charge is 0.497 e. The fourth-order valence-electron chi connectivity index (χ4n) is 2.14. The molecule has 3 aromatic rings. The minimum atomic E-state index is 0.592. The van der Waals surface area contributed by atoms with E-state index in [4.69, 9.17) is 10.5 Å². The average Bonchev–Trinajstić information content (AvgIpc) is 2.89. The zero-order chi connectivity index (χ0) is 13.9. The molecule has 0 fully saturated rings. The van der Waals surface area contributed by atoms with Crippen molar-refractivity contribution in [3.05, 3.63) is 48.5 Å². The molecule has 2 aromatic heterocycles. The second kappa shape index (κ2) is 5.30. The van der Waals surface area contributed by atoms with Gasteiger partial charge in [0.25, 0.3) is 0 Å². The molecule has 0 amide bonds. The summed E-state index contributed by atoms with van der Waals surface area (Å²) in [6.07, 6.45) is 6.59. The molecule has 2 N–H and O–H groups in total. The van der Waals surface area contributed by atoms with Crippen molar-refractivity contribution in [1.82, 2.24) is 14.4 Å². The molecule has 0 aliphatic heterocycles. The van der Waals surface area contributed by atoms with E-state index in [1.54, 1.807) is 7.11 Å². The summed E-state index contributed by atoms with van der Waals surface area (Å²) in [6, 6.07) is 7.90. The highest BCUT2D eigenvalue weighted by atomic mass is 16.5. The highest BCUT2D eigenvalue weighted by Gasteiger charge is 2.05. The van der Waals surface area contributed by atoms with E-state index in [2.05, 4.69) is 9.97 Å². The Hall–Kier alpha value is -2.40. The second-order valence-electron chi connectivity index (χ2n) is 4.55. The van der Waals surface area contributed by atoms with Gasteiger partial charge in [-0.1, -0.05) is 12.1 Å². The first-order valence-electron chi connectivity index (χ1n) is 6.48.